The highest BCUT2D eigenvalue weighted by atomic mass is 16.2. The molecule has 0 bridgehead atoms. The molecule has 0 saturated carbocycles. The lowest BCUT2D eigenvalue weighted by Crippen LogP contribution is -2.29. The van der Waals surface area contributed by atoms with E-state index in [2.05, 4.69) is 11.3 Å². The molecular formula is C10H18N2O. The number of carbonyl (C=O) groups excluding carboxylic acids is 1. The molecule has 0 aliphatic rings. The van der Waals surface area contributed by atoms with Crippen molar-refractivity contribution in [1.82, 2.24) is 5.43 Å². The molecule has 0 unspecified atom stereocenters. The fourth-order valence-electron chi connectivity index (χ4n) is 1.12. The van der Waals surface area contributed by atoms with Crippen LogP contribution in [0.1, 0.15) is 44.9 Å². The Morgan fingerprint density at radius 2 is 1.85 bits per heavy atom. The summed E-state index contributed by atoms with van der Waals surface area (Å²) in [6.45, 7) is 0. The van der Waals surface area contributed by atoms with Gasteiger partial charge in [0.15, 0.2) is 0 Å². The van der Waals surface area contributed by atoms with Crippen LogP contribution in [0.2, 0.25) is 0 Å². The van der Waals surface area contributed by atoms with Crippen molar-refractivity contribution in [2.75, 3.05) is 0 Å². The number of rotatable bonds is 7. The molecule has 3 N–H and O–H groups in total. The third kappa shape index (κ3) is 8.90. The first-order valence-corrected chi connectivity index (χ1v) is 4.74. The standard InChI is InChI=1S/C10H18N2O/c1-2-3-4-5-6-7-8-9-10(13)12-11/h1H,3-9,11H2,(H,12,13). The lowest BCUT2D eigenvalue weighted by Gasteiger charge is -1.99. The summed E-state index contributed by atoms with van der Waals surface area (Å²) in [6.07, 6.45) is 11.9. The third-order valence-corrected chi connectivity index (χ3v) is 1.89. The monoisotopic (exact) mass is 182 g/mol. The van der Waals surface area contributed by atoms with Crippen molar-refractivity contribution in [3.63, 3.8) is 0 Å². The van der Waals surface area contributed by atoms with E-state index >= 15 is 0 Å². The van der Waals surface area contributed by atoms with Crippen LogP contribution in [0.5, 0.6) is 0 Å². The van der Waals surface area contributed by atoms with Crippen molar-refractivity contribution in [3.05, 3.63) is 0 Å². The van der Waals surface area contributed by atoms with Gasteiger partial charge >= 0.3 is 0 Å². The summed E-state index contributed by atoms with van der Waals surface area (Å²) in [4.78, 5) is 10.7. The van der Waals surface area contributed by atoms with E-state index in [0.717, 1.165) is 38.5 Å². The molecule has 0 fully saturated rings. The van der Waals surface area contributed by atoms with Gasteiger partial charge < -0.3 is 0 Å². The molecule has 0 atom stereocenters. The van der Waals surface area contributed by atoms with Crippen molar-refractivity contribution < 1.29 is 4.79 Å². The Labute approximate surface area is 80.0 Å². The molecule has 0 spiro atoms. The van der Waals surface area contributed by atoms with Crippen LogP contribution in [0.3, 0.4) is 0 Å². The van der Waals surface area contributed by atoms with Crippen LogP contribution in [0.25, 0.3) is 0 Å². The van der Waals surface area contributed by atoms with E-state index in [4.69, 9.17) is 12.3 Å². The largest absolute Gasteiger partial charge is 0.294 e. The van der Waals surface area contributed by atoms with Crippen molar-refractivity contribution in [2.24, 2.45) is 5.84 Å². The molecule has 1 amide bonds. The average Bonchev–Trinajstić information content (AvgIpc) is 2.16. The van der Waals surface area contributed by atoms with Gasteiger partial charge in [0, 0.05) is 12.8 Å². The Balaban J connectivity index is 3.00. The Bertz CT molecular complexity index is 172. The van der Waals surface area contributed by atoms with Gasteiger partial charge in [0.2, 0.25) is 5.91 Å². The zero-order valence-electron chi connectivity index (χ0n) is 8.01. The fraction of sp³-hybridized carbons (Fsp3) is 0.700. The van der Waals surface area contributed by atoms with E-state index in [1.165, 1.54) is 0 Å². The maximum Gasteiger partial charge on any atom is 0.233 e. The van der Waals surface area contributed by atoms with Crippen LogP contribution in [0.4, 0.5) is 0 Å². The van der Waals surface area contributed by atoms with Gasteiger partial charge in [0.25, 0.3) is 0 Å². The van der Waals surface area contributed by atoms with E-state index in [1.807, 2.05) is 0 Å². The topological polar surface area (TPSA) is 55.1 Å². The fourth-order valence-corrected chi connectivity index (χ4v) is 1.12. The van der Waals surface area contributed by atoms with Crippen LogP contribution in [-0.4, -0.2) is 5.91 Å². The van der Waals surface area contributed by atoms with Gasteiger partial charge in [-0.05, 0) is 12.8 Å². The van der Waals surface area contributed by atoms with Crippen LogP contribution in [-0.2, 0) is 4.79 Å². The third-order valence-electron chi connectivity index (χ3n) is 1.89. The Kier molecular flexibility index (Phi) is 8.38. The molecular weight excluding hydrogens is 164 g/mol. The molecule has 0 aliphatic heterocycles. The highest BCUT2D eigenvalue weighted by molar-refractivity contribution is 5.74. The molecule has 0 aromatic heterocycles. The highest BCUT2D eigenvalue weighted by Crippen LogP contribution is 2.06. The first-order valence-electron chi connectivity index (χ1n) is 4.74. The zero-order chi connectivity index (χ0) is 9.94. The molecule has 0 aliphatic carbocycles. The summed E-state index contributed by atoms with van der Waals surface area (Å²) in [7, 11) is 0. The molecule has 13 heavy (non-hydrogen) atoms. The van der Waals surface area contributed by atoms with Crippen molar-refractivity contribution in [2.45, 2.75) is 44.9 Å². The summed E-state index contributed by atoms with van der Waals surface area (Å²) in [5, 5.41) is 0. The maximum absolute atomic E-state index is 10.7. The van der Waals surface area contributed by atoms with Gasteiger partial charge in [-0.2, -0.15) is 0 Å². The van der Waals surface area contributed by atoms with Gasteiger partial charge in [-0.25, -0.2) is 5.84 Å². The number of hydrogen-bond acceptors (Lipinski definition) is 2. The molecule has 0 radical (unpaired) electrons. The lowest BCUT2D eigenvalue weighted by molar-refractivity contribution is -0.121. The zero-order valence-corrected chi connectivity index (χ0v) is 8.01. The SMILES string of the molecule is C#CCCCCCCCC(=O)NN. The summed E-state index contributed by atoms with van der Waals surface area (Å²) in [5.74, 6) is 7.46. The predicted octanol–water partition coefficient (Wildman–Crippen LogP) is 1.34. The number of unbranched alkanes of at least 4 members (excludes halogenated alkanes) is 5. The molecule has 3 nitrogen and oxygen atoms in total. The Morgan fingerprint density at radius 1 is 1.23 bits per heavy atom. The van der Waals surface area contributed by atoms with Crippen LogP contribution >= 0.6 is 0 Å². The number of hydrogen-bond donors (Lipinski definition) is 2. The van der Waals surface area contributed by atoms with Gasteiger partial charge in [0.1, 0.15) is 0 Å². The normalized spacial score (nSPS) is 9.23. The number of hydrazine groups is 1. The number of terminal acetylenes is 1. The van der Waals surface area contributed by atoms with E-state index in [1.54, 1.807) is 0 Å². The second kappa shape index (κ2) is 9.08. The minimum absolute atomic E-state index is 0.0800. The van der Waals surface area contributed by atoms with Crippen LogP contribution in [0.15, 0.2) is 0 Å². The maximum atomic E-state index is 10.7. The van der Waals surface area contributed by atoms with Crippen LogP contribution in [0, 0.1) is 12.3 Å². The smallest absolute Gasteiger partial charge is 0.233 e. The summed E-state index contributed by atoms with van der Waals surface area (Å²) >= 11 is 0. The second-order valence-corrected chi connectivity index (χ2v) is 3.04. The summed E-state index contributed by atoms with van der Waals surface area (Å²) < 4.78 is 0. The molecule has 0 heterocycles. The van der Waals surface area contributed by atoms with Crippen molar-refractivity contribution in [1.29, 1.82) is 0 Å². The predicted molar refractivity (Wildman–Crippen MR) is 53.5 cm³/mol. The Morgan fingerprint density at radius 3 is 2.46 bits per heavy atom. The van der Waals surface area contributed by atoms with Crippen molar-refractivity contribution >= 4 is 5.91 Å². The molecule has 3 heteroatoms. The van der Waals surface area contributed by atoms with E-state index in [0.29, 0.717) is 6.42 Å². The van der Waals surface area contributed by atoms with E-state index in [9.17, 15) is 4.79 Å². The number of carbonyl (C=O) groups is 1. The molecule has 0 saturated heterocycles. The highest BCUT2D eigenvalue weighted by Gasteiger charge is 1.96. The second-order valence-electron chi connectivity index (χ2n) is 3.04. The quantitative estimate of drug-likeness (QED) is 0.205. The Hall–Kier alpha value is -1.01. The van der Waals surface area contributed by atoms with E-state index in [-0.39, 0.29) is 5.91 Å². The number of nitrogens with one attached hydrogen (secondary N) is 1. The summed E-state index contributed by atoms with van der Waals surface area (Å²) in [5.41, 5.74) is 2.11. The molecule has 0 rings (SSSR count). The van der Waals surface area contributed by atoms with Gasteiger partial charge in [0.05, 0.1) is 0 Å². The molecule has 0 aromatic rings. The molecule has 0 aromatic carbocycles. The van der Waals surface area contributed by atoms with Gasteiger partial charge in [-0.3, -0.25) is 10.2 Å². The van der Waals surface area contributed by atoms with Gasteiger partial charge in [-0.1, -0.05) is 19.3 Å². The number of nitrogens with two attached hydrogens (primary N) is 1. The van der Waals surface area contributed by atoms with Gasteiger partial charge in [-0.15, -0.1) is 12.3 Å². The summed E-state index contributed by atoms with van der Waals surface area (Å²) in [6, 6.07) is 0. The average molecular weight is 182 g/mol. The number of amides is 1. The van der Waals surface area contributed by atoms with Crippen molar-refractivity contribution in [3.8, 4) is 12.3 Å². The van der Waals surface area contributed by atoms with E-state index < -0.39 is 0 Å². The lowest BCUT2D eigenvalue weighted by atomic mass is 10.1. The minimum Gasteiger partial charge on any atom is -0.294 e. The minimum atomic E-state index is -0.0800. The molecule has 74 valence electrons. The first kappa shape index (κ1) is 12.0. The first-order chi connectivity index (χ1) is 6.31. The van der Waals surface area contributed by atoms with Crippen LogP contribution < -0.4 is 11.3 Å².